The average molecular weight is 336 g/mol. The summed E-state index contributed by atoms with van der Waals surface area (Å²) >= 11 is 3.45. The Morgan fingerprint density at radius 2 is 1.95 bits per heavy atom. The topological polar surface area (TPSA) is 44.5 Å². The van der Waals surface area contributed by atoms with Crippen LogP contribution in [0.15, 0.2) is 46.9 Å². The van der Waals surface area contributed by atoms with Gasteiger partial charge in [0, 0.05) is 10.5 Å². The number of ether oxygens (including phenoxy) is 2. The molecule has 0 heterocycles. The molecule has 20 heavy (non-hydrogen) atoms. The molecule has 4 heteroatoms. The van der Waals surface area contributed by atoms with Gasteiger partial charge in [-0.2, -0.15) is 0 Å². The quantitative estimate of drug-likeness (QED) is 0.896. The first kappa shape index (κ1) is 14.9. The summed E-state index contributed by atoms with van der Waals surface area (Å²) in [6.07, 6.45) is 0. The van der Waals surface area contributed by atoms with Crippen LogP contribution < -0.4 is 15.2 Å². The third-order valence-electron chi connectivity index (χ3n) is 3.00. The number of methoxy groups -OCH3 is 1. The molecule has 0 bridgehead atoms. The average Bonchev–Trinajstić information content (AvgIpc) is 2.45. The molecule has 0 saturated heterocycles. The maximum absolute atomic E-state index is 5.87. The number of nitrogens with two attached hydrogens (primary N) is 1. The van der Waals surface area contributed by atoms with E-state index in [1.165, 1.54) is 0 Å². The van der Waals surface area contributed by atoms with Crippen molar-refractivity contribution < 1.29 is 9.47 Å². The summed E-state index contributed by atoms with van der Waals surface area (Å²) in [7, 11) is 1.63. The first-order valence-corrected chi connectivity index (χ1v) is 7.20. The van der Waals surface area contributed by atoms with Crippen LogP contribution in [0.4, 0.5) is 0 Å². The fourth-order valence-electron chi connectivity index (χ4n) is 1.87. The number of halogens is 1. The number of hydrogen-bond acceptors (Lipinski definition) is 3. The van der Waals surface area contributed by atoms with Gasteiger partial charge in [0.15, 0.2) is 11.5 Å². The third-order valence-corrected chi connectivity index (χ3v) is 3.49. The van der Waals surface area contributed by atoms with Gasteiger partial charge >= 0.3 is 0 Å². The van der Waals surface area contributed by atoms with Crippen molar-refractivity contribution in [2.24, 2.45) is 5.73 Å². The van der Waals surface area contributed by atoms with Gasteiger partial charge < -0.3 is 15.2 Å². The Hall–Kier alpha value is -1.52. The monoisotopic (exact) mass is 335 g/mol. The molecule has 0 fully saturated rings. The molecule has 0 radical (unpaired) electrons. The van der Waals surface area contributed by atoms with Crippen LogP contribution in [0.3, 0.4) is 0 Å². The van der Waals surface area contributed by atoms with Crippen molar-refractivity contribution in [2.45, 2.75) is 19.6 Å². The lowest BCUT2D eigenvalue weighted by molar-refractivity contribution is 0.284. The van der Waals surface area contributed by atoms with Gasteiger partial charge in [-0.1, -0.05) is 34.1 Å². The zero-order valence-electron chi connectivity index (χ0n) is 11.6. The lowest BCUT2D eigenvalue weighted by Gasteiger charge is -2.13. The molecule has 3 nitrogen and oxygen atoms in total. The van der Waals surface area contributed by atoms with Crippen LogP contribution in [0.5, 0.6) is 11.5 Å². The van der Waals surface area contributed by atoms with Crippen molar-refractivity contribution in [3.8, 4) is 11.5 Å². The van der Waals surface area contributed by atoms with E-state index < -0.39 is 0 Å². The summed E-state index contributed by atoms with van der Waals surface area (Å²) in [5, 5.41) is 0. The van der Waals surface area contributed by atoms with E-state index >= 15 is 0 Å². The van der Waals surface area contributed by atoms with Crippen LogP contribution in [0.2, 0.25) is 0 Å². The Balaban J connectivity index is 2.13. The minimum Gasteiger partial charge on any atom is -0.493 e. The van der Waals surface area contributed by atoms with Crippen molar-refractivity contribution >= 4 is 15.9 Å². The summed E-state index contributed by atoms with van der Waals surface area (Å²) in [4.78, 5) is 0. The molecule has 0 spiro atoms. The molecular formula is C16H18BrNO2. The van der Waals surface area contributed by atoms with Crippen LogP contribution in [0.25, 0.3) is 0 Å². The van der Waals surface area contributed by atoms with E-state index in [4.69, 9.17) is 15.2 Å². The second-order valence-corrected chi connectivity index (χ2v) is 5.53. The standard InChI is InChI=1S/C16H18BrNO2/c1-11(18)13-6-7-15(16(9-13)19-2)20-10-12-4-3-5-14(17)8-12/h3-9,11H,10,18H2,1-2H3. The highest BCUT2D eigenvalue weighted by atomic mass is 79.9. The van der Waals surface area contributed by atoms with E-state index in [1.54, 1.807) is 7.11 Å². The van der Waals surface area contributed by atoms with E-state index in [0.29, 0.717) is 12.4 Å². The van der Waals surface area contributed by atoms with E-state index in [-0.39, 0.29) is 6.04 Å². The molecule has 0 aliphatic carbocycles. The van der Waals surface area contributed by atoms with Gasteiger partial charge in [-0.15, -0.1) is 0 Å². The summed E-state index contributed by atoms with van der Waals surface area (Å²) in [6, 6.07) is 13.8. The SMILES string of the molecule is COc1cc(C(C)N)ccc1OCc1cccc(Br)c1. The largest absolute Gasteiger partial charge is 0.493 e. The zero-order valence-corrected chi connectivity index (χ0v) is 13.2. The third kappa shape index (κ3) is 3.74. The van der Waals surface area contributed by atoms with Crippen molar-refractivity contribution in [3.05, 3.63) is 58.1 Å². The van der Waals surface area contributed by atoms with Crippen molar-refractivity contribution in [2.75, 3.05) is 7.11 Å². The van der Waals surface area contributed by atoms with Gasteiger partial charge in [0.05, 0.1) is 7.11 Å². The molecule has 0 aliphatic heterocycles. The van der Waals surface area contributed by atoms with Crippen molar-refractivity contribution in [3.63, 3.8) is 0 Å². The Morgan fingerprint density at radius 3 is 2.60 bits per heavy atom. The van der Waals surface area contributed by atoms with Crippen LogP contribution in [-0.4, -0.2) is 7.11 Å². The maximum Gasteiger partial charge on any atom is 0.161 e. The Labute approximate surface area is 127 Å². The Morgan fingerprint density at radius 1 is 1.15 bits per heavy atom. The molecular weight excluding hydrogens is 318 g/mol. The van der Waals surface area contributed by atoms with Crippen LogP contribution in [-0.2, 0) is 6.61 Å². The van der Waals surface area contributed by atoms with Crippen molar-refractivity contribution in [1.29, 1.82) is 0 Å². The van der Waals surface area contributed by atoms with E-state index in [9.17, 15) is 0 Å². The Kier molecular flexibility index (Phi) is 5.04. The number of hydrogen-bond donors (Lipinski definition) is 1. The van der Waals surface area contributed by atoms with Gasteiger partial charge in [0.2, 0.25) is 0 Å². The van der Waals surface area contributed by atoms with Crippen LogP contribution in [0, 0.1) is 0 Å². The minimum absolute atomic E-state index is 0.0250. The van der Waals surface area contributed by atoms with E-state index in [0.717, 1.165) is 21.3 Å². The molecule has 106 valence electrons. The van der Waals surface area contributed by atoms with Gasteiger partial charge in [-0.3, -0.25) is 0 Å². The molecule has 2 aromatic carbocycles. The van der Waals surface area contributed by atoms with E-state index in [2.05, 4.69) is 15.9 Å². The van der Waals surface area contributed by atoms with Crippen molar-refractivity contribution in [1.82, 2.24) is 0 Å². The molecule has 0 aliphatic rings. The highest BCUT2D eigenvalue weighted by Gasteiger charge is 2.08. The summed E-state index contributed by atoms with van der Waals surface area (Å²) in [5.41, 5.74) is 7.99. The van der Waals surface area contributed by atoms with Gasteiger partial charge in [-0.25, -0.2) is 0 Å². The first-order valence-electron chi connectivity index (χ1n) is 6.41. The lowest BCUT2D eigenvalue weighted by atomic mass is 10.1. The van der Waals surface area contributed by atoms with Gasteiger partial charge in [0.25, 0.3) is 0 Å². The van der Waals surface area contributed by atoms with E-state index in [1.807, 2.05) is 49.4 Å². The molecule has 1 unspecified atom stereocenters. The highest BCUT2D eigenvalue weighted by molar-refractivity contribution is 9.10. The first-order chi connectivity index (χ1) is 9.60. The molecule has 0 saturated carbocycles. The predicted molar refractivity (Wildman–Crippen MR) is 84.1 cm³/mol. The van der Waals surface area contributed by atoms with Crippen LogP contribution >= 0.6 is 15.9 Å². The lowest BCUT2D eigenvalue weighted by Crippen LogP contribution is -2.05. The fourth-order valence-corrected chi connectivity index (χ4v) is 2.32. The number of benzene rings is 2. The minimum atomic E-state index is -0.0250. The molecule has 0 amide bonds. The number of rotatable bonds is 5. The summed E-state index contributed by atoms with van der Waals surface area (Å²) in [5.74, 6) is 1.42. The molecule has 2 rings (SSSR count). The Bertz CT molecular complexity index is 584. The zero-order chi connectivity index (χ0) is 14.5. The second-order valence-electron chi connectivity index (χ2n) is 4.62. The summed E-state index contributed by atoms with van der Waals surface area (Å²) < 4.78 is 12.2. The van der Waals surface area contributed by atoms with Gasteiger partial charge in [0.1, 0.15) is 6.61 Å². The van der Waals surface area contributed by atoms with Gasteiger partial charge in [-0.05, 0) is 42.3 Å². The highest BCUT2D eigenvalue weighted by Crippen LogP contribution is 2.30. The molecule has 2 N–H and O–H groups in total. The summed E-state index contributed by atoms with van der Waals surface area (Å²) in [6.45, 7) is 2.43. The fraction of sp³-hybridized carbons (Fsp3) is 0.250. The second kappa shape index (κ2) is 6.77. The normalized spacial score (nSPS) is 12.0. The molecule has 1 atom stereocenters. The smallest absolute Gasteiger partial charge is 0.161 e. The molecule has 2 aromatic rings. The maximum atomic E-state index is 5.87. The van der Waals surface area contributed by atoms with Crippen LogP contribution in [0.1, 0.15) is 24.1 Å². The molecule has 0 aromatic heterocycles. The predicted octanol–water partition coefficient (Wildman–Crippen LogP) is 4.06.